The lowest BCUT2D eigenvalue weighted by atomic mass is 10.3. The van der Waals surface area contributed by atoms with Crippen molar-refractivity contribution in [3.63, 3.8) is 0 Å². The Morgan fingerprint density at radius 3 is 2.33 bits per heavy atom. The molecule has 0 radical (unpaired) electrons. The molecule has 1 unspecified atom stereocenters. The number of rotatable bonds is 8. The van der Waals surface area contributed by atoms with Gasteiger partial charge in [-0.2, -0.15) is 0 Å². The van der Waals surface area contributed by atoms with Crippen molar-refractivity contribution in [2.24, 2.45) is 0 Å². The number of hydrogen-bond donors (Lipinski definition) is 0. The maximum atomic E-state index is 12.3. The lowest BCUT2D eigenvalue weighted by Gasteiger charge is -2.17. The average molecular weight is 272 g/mol. The van der Waals surface area contributed by atoms with Crippen LogP contribution in [0.25, 0.3) is 0 Å². The van der Waals surface area contributed by atoms with Gasteiger partial charge in [-0.15, -0.1) is 0 Å². The van der Waals surface area contributed by atoms with E-state index in [2.05, 4.69) is 0 Å². The predicted octanol–water partition coefficient (Wildman–Crippen LogP) is 2.20. The minimum atomic E-state index is -1.20. The SMILES string of the molecule is CCOC(CS(=O)c1ccccc1OC)OCC. The van der Waals surface area contributed by atoms with E-state index < -0.39 is 17.1 Å². The van der Waals surface area contributed by atoms with Crippen LogP contribution in [-0.4, -0.2) is 36.6 Å². The summed E-state index contributed by atoms with van der Waals surface area (Å²) in [5.74, 6) is 0.935. The van der Waals surface area contributed by atoms with Gasteiger partial charge in [-0.3, -0.25) is 4.21 Å². The predicted molar refractivity (Wildman–Crippen MR) is 71.3 cm³/mol. The molecule has 0 fully saturated rings. The van der Waals surface area contributed by atoms with E-state index in [1.54, 1.807) is 19.2 Å². The Bertz CT molecular complexity index is 375. The summed E-state index contributed by atoms with van der Waals surface area (Å²) < 4.78 is 28.2. The van der Waals surface area contributed by atoms with Gasteiger partial charge in [0.1, 0.15) is 5.75 Å². The molecule has 1 rings (SSSR count). The molecule has 5 heteroatoms. The molecule has 0 aliphatic heterocycles. The van der Waals surface area contributed by atoms with Crippen LogP contribution in [0.3, 0.4) is 0 Å². The van der Waals surface area contributed by atoms with Gasteiger partial charge in [-0.1, -0.05) is 12.1 Å². The summed E-state index contributed by atoms with van der Waals surface area (Å²) in [5, 5.41) is 0. The van der Waals surface area contributed by atoms with Gasteiger partial charge in [0.25, 0.3) is 0 Å². The second-order valence-corrected chi connectivity index (χ2v) is 4.97. The number of para-hydroxylation sites is 1. The second-order valence-electron chi connectivity index (χ2n) is 3.50. The summed E-state index contributed by atoms with van der Waals surface area (Å²) in [7, 11) is 0.365. The summed E-state index contributed by atoms with van der Waals surface area (Å²) in [6.07, 6.45) is -0.439. The summed E-state index contributed by atoms with van der Waals surface area (Å²) in [4.78, 5) is 0.671. The van der Waals surface area contributed by atoms with E-state index in [0.717, 1.165) is 0 Å². The highest BCUT2D eigenvalue weighted by molar-refractivity contribution is 7.85. The van der Waals surface area contributed by atoms with E-state index in [-0.39, 0.29) is 0 Å². The molecule has 0 aromatic heterocycles. The molecule has 1 aromatic carbocycles. The first-order valence-electron chi connectivity index (χ1n) is 5.97. The maximum absolute atomic E-state index is 12.3. The van der Waals surface area contributed by atoms with Crippen molar-refractivity contribution < 1.29 is 18.4 Å². The molecular formula is C13H20O4S. The fourth-order valence-electron chi connectivity index (χ4n) is 1.54. The molecule has 0 saturated heterocycles. The Balaban J connectivity index is 2.73. The molecule has 0 saturated carbocycles. The van der Waals surface area contributed by atoms with Crippen molar-refractivity contribution in [1.82, 2.24) is 0 Å². The normalized spacial score (nSPS) is 12.7. The lowest BCUT2D eigenvalue weighted by molar-refractivity contribution is -0.120. The van der Waals surface area contributed by atoms with Crippen molar-refractivity contribution in [3.8, 4) is 5.75 Å². The van der Waals surface area contributed by atoms with E-state index >= 15 is 0 Å². The Hall–Kier alpha value is -0.910. The topological polar surface area (TPSA) is 44.8 Å². The van der Waals surface area contributed by atoms with Gasteiger partial charge in [0.2, 0.25) is 0 Å². The molecule has 4 nitrogen and oxygen atoms in total. The third-order valence-corrected chi connectivity index (χ3v) is 3.71. The molecule has 0 heterocycles. The van der Waals surface area contributed by atoms with Crippen LogP contribution in [-0.2, 0) is 20.3 Å². The van der Waals surface area contributed by atoms with Gasteiger partial charge in [0, 0.05) is 13.2 Å². The van der Waals surface area contributed by atoms with Crippen LogP contribution in [0.5, 0.6) is 5.75 Å². The van der Waals surface area contributed by atoms with E-state index in [0.29, 0.717) is 29.6 Å². The largest absolute Gasteiger partial charge is 0.495 e. The molecule has 0 N–H and O–H groups in total. The molecule has 102 valence electrons. The molecule has 0 bridgehead atoms. The van der Waals surface area contributed by atoms with E-state index in [1.807, 2.05) is 26.0 Å². The fourth-order valence-corrected chi connectivity index (χ4v) is 2.76. The summed E-state index contributed by atoms with van der Waals surface area (Å²) in [6, 6.07) is 7.28. The molecule has 0 amide bonds. The average Bonchev–Trinajstić information content (AvgIpc) is 2.39. The third-order valence-electron chi connectivity index (χ3n) is 2.31. The first kappa shape index (κ1) is 15.1. The van der Waals surface area contributed by atoms with Crippen LogP contribution in [0.1, 0.15) is 13.8 Å². The molecule has 0 aliphatic rings. The van der Waals surface area contributed by atoms with Gasteiger partial charge in [0.05, 0.1) is 28.6 Å². The van der Waals surface area contributed by atoms with Crippen LogP contribution in [0, 0.1) is 0 Å². The van der Waals surface area contributed by atoms with Crippen LogP contribution < -0.4 is 4.74 Å². The molecule has 1 atom stereocenters. The zero-order valence-corrected chi connectivity index (χ0v) is 11.9. The van der Waals surface area contributed by atoms with Crippen LogP contribution >= 0.6 is 0 Å². The summed E-state index contributed by atoms with van der Waals surface area (Å²) in [6.45, 7) is 4.84. The zero-order valence-electron chi connectivity index (χ0n) is 11.0. The smallest absolute Gasteiger partial charge is 0.169 e. The first-order valence-corrected chi connectivity index (χ1v) is 7.29. The minimum absolute atomic E-state index is 0.308. The second kappa shape index (κ2) is 8.24. The third kappa shape index (κ3) is 4.40. The van der Waals surface area contributed by atoms with E-state index in [1.165, 1.54) is 0 Å². The van der Waals surface area contributed by atoms with E-state index in [9.17, 15) is 4.21 Å². The van der Waals surface area contributed by atoms with Crippen LogP contribution in [0.15, 0.2) is 29.2 Å². The highest BCUT2D eigenvalue weighted by Gasteiger charge is 2.17. The molecular weight excluding hydrogens is 252 g/mol. The number of methoxy groups -OCH3 is 1. The van der Waals surface area contributed by atoms with Crippen molar-refractivity contribution in [3.05, 3.63) is 24.3 Å². The highest BCUT2D eigenvalue weighted by atomic mass is 32.2. The van der Waals surface area contributed by atoms with E-state index in [4.69, 9.17) is 14.2 Å². The standard InChI is InChI=1S/C13H20O4S/c1-4-16-13(17-5-2)10-18(14)12-9-7-6-8-11(12)15-3/h6-9,13H,4-5,10H2,1-3H3. The van der Waals surface area contributed by atoms with Crippen molar-refractivity contribution >= 4 is 10.8 Å². The molecule has 0 spiro atoms. The zero-order chi connectivity index (χ0) is 13.4. The van der Waals surface area contributed by atoms with Gasteiger partial charge in [-0.05, 0) is 26.0 Å². The van der Waals surface area contributed by atoms with Crippen molar-refractivity contribution in [1.29, 1.82) is 0 Å². The summed E-state index contributed by atoms with van der Waals surface area (Å²) >= 11 is 0. The van der Waals surface area contributed by atoms with Gasteiger partial charge in [-0.25, -0.2) is 0 Å². The Morgan fingerprint density at radius 2 is 1.78 bits per heavy atom. The maximum Gasteiger partial charge on any atom is 0.169 e. The Morgan fingerprint density at radius 1 is 1.17 bits per heavy atom. The quantitative estimate of drug-likeness (QED) is 0.681. The summed E-state index contributed by atoms with van der Waals surface area (Å²) in [5.41, 5.74) is 0. The van der Waals surface area contributed by atoms with Gasteiger partial charge < -0.3 is 14.2 Å². The lowest BCUT2D eigenvalue weighted by Crippen LogP contribution is -2.24. The van der Waals surface area contributed by atoms with Crippen LogP contribution in [0.4, 0.5) is 0 Å². The fraction of sp³-hybridized carbons (Fsp3) is 0.538. The van der Waals surface area contributed by atoms with Crippen molar-refractivity contribution in [2.45, 2.75) is 25.0 Å². The van der Waals surface area contributed by atoms with Crippen molar-refractivity contribution in [2.75, 3.05) is 26.1 Å². The minimum Gasteiger partial charge on any atom is -0.495 e. The number of hydrogen-bond acceptors (Lipinski definition) is 4. The Kier molecular flexibility index (Phi) is 6.93. The molecule has 18 heavy (non-hydrogen) atoms. The van der Waals surface area contributed by atoms with Gasteiger partial charge >= 0.3 is 0 Å². The monoisotopic (exact) mass is 272 g/mol. The van der Waals surface area contributed by atoms with Gasteiger partial charge in [0.15, 0.2) is 6.29 Å². The molecule has 1 aromatic rings. The highest BCUT2D eigenvalue weighted by Crippen LogP contribution is 2.22. The number of benzene rings is 1. The molecule has 0 aliphatic carbocycles. The van der Waals surface area contributed by atoms with Crippen LogP contribution in [0.2, 0.25) is 0 Å². The number of ether oxygens (including phenoxy) is 3. The Labute approximate surface area is 111 Å². The first-order chi connectivity index (χ1) is 8.72.